The van der Waals surface area contributed by atoms with Crippen molar-refractivity contribution in [1.29, 1.82) is 0 Å². The summed E-state index contributed by atoms with van der Waals surface area (Å²) in [5.41, 5.74) is 1.12. The molecule has 0 saturated carbocycles. The second-order valence-corrected chi connectivity index (χ2v) is 5.02. The van der Waals surface area contributed by atoms with Gasteiger partial charge in [-0.3, -0.25) is 9.78 Å². The van der Waals surface area contributed by atoms with E-state index in [1.807, 2.05) is 25.3 Å². The maximum Gasteiger partial charge on any atom is 0.230 e. The minimum atomic E-state index is 0.0317. The van der Waals surface area contributed by atoms with Crippen molar-refractivity contribution >= 4 is 17.7 Å². The van der Waals surface area contributed by atoms with Crippen molar-refractivity contribution in [3.8, 4) is 0 Å². The molecule has 1 aromatic rings. The van der Waals surface area contributed by atoms with Crippen LogP contribution in [0.25, 0.3) is 0 Å². The van der Waals surface area contributed by atoms with Gasteiger partial charge in [-0.15, -0.1) is 11.8 Å². The molecule has 0 aromatic carbocycles. The zero-order valence-corrected chi connectivity index (χ0v) is 11.4. The molecule has 0 spiro atoms. The van der Waals surface area contributed by atoms with Crippen LogP contribution in [0.3, 0.4) is 0 Å². The number of aromatic nitrogens is 1. The number of rotatable bonds is 8. The molecule has 18 heavy (non-hydrogen) atoms. The first-order valence-corrected chi connectivity index (χ1v) is 7.28. The molecular formula is C13H20N2O2S. The van der Waals surface area contributed by atoms with E-state index in [9.17, 15) is 4.79 Å². The van der Waals surface area contributed by atoms with Gasteiger partial charge in [-0.25, -0.2) is 0 Å². The Kier molecular flexibility index (Phi) is 7.44. The average Bonchev–Trinajstić information content (AvgIpc) is 2.39. The standard InChI is InChI=1S/C13H20N2O2S/c1-2-12(5-7-16)15-13(17)10-18-9-11-4-3-6-14-8-11/h3-4,6,8,12,16H,2,5,7,9-10H2,1H3,(H,15,17). The number of hydrogen-bond acceptors (Lipinski definition) is 4. The van der Waals surface area contributed by atoms with Crippen LogP contribution in [0.2, 0.25) is 0 Å². The van der Waals surface area contributed by atoms with Crippen LogP contribution in [0, 0.1) is 0 Å². The van der Waals surface area contributed by atoms with E-state index in [2.05, 4.69) is 10.3 Å². The number of thioether (sulfide) groups is 1. The number of nitrogens with one attached hydrogen (secondary N) is 1. The summed E-state index contributed by atoms with van der Waals surface area (Å²) in [4.78, 5) is 15.7. The molecular weight excluding hydrogens is 248 g/mol. The molecule has 0 aliphatic carbocycles. The average molecular weight is 268 g/mol. The fraction of sp³-hybridized carbons (Fsp3) is 0.538. The Bertz CT molecular complexity index is 346. The molecule has 1 heterocycles. The third kappa shape index (κ3) is 6.02. The second kappa shape index (κ2) is 8.94. The normalized spacial score (nSPS) is 12.1. The van der Waals surface area contributed by atoms with Gasteiger partial charge in [0.1, 0.15) is 0 Å². The highest BCUT2D eigenvalue weighted by Gasteiger charge is 2.09. The Labute approximate surface area is 112 Å². The smallest absolute Gasteiger partial charge is 0.230 e. The van der Waals surface area contributed by atoms with Crippen LogP contribution < -0.4 is 5.32 Å². The predicted molar refractivity (Wildman–Crippen MR) is 74.3 cm³/mol. The maximum atomic E-state index is 11.6. The number of carbonyl (C=O) groups is 1. The molecule has 1 rings (SSSR count). The van der Waals surface area contributed by atoms with E-state index in [-0.39, 0.29) is 18.6 Å². The maximum absolute atomic E-state index is 11.6. The molecule has 4 nitrogen and oxygen atoms in total. The lowest BCUT2D eigenvalue weighted by Gasteiger charge is -2.15. The summed E-state index contributed by atoms with van der Waals surface area (Å²) in [6.07, 6.45) is 5.02. The highest BCUT2D eigenvalue weighted by molar-refractivity contribution is 7.99. The SMILES string of the molecule is CCC(CCO)NC(=O)CSCc1cccnc1. The first-order chi connectivity index (χ1) is 8.76. The summed E-state index contributed by atoms with van der Waals surface area (Å²) in [5.74, 6) is 1.26. The second-order valence-electron chi connectivity index (χ2n) is 4.04. The minimum Gasteiger partial charge on any atom is -0.396 e. The molecule has 0 saturated heterocycles. The molecule has 0 aliphatic rings. The van der Waals surface area contributed by atoms with Crippen LogP contribution in [0.1, 0.15) is 25.3 Å². The van der Waals surface area contributed by atoms with Gasteiger partial charge >= 0.3 is 0 Å². The number of nitrogens with zero attached hydrogens (tertiary/aromatic N) is 1. The number of amides is 1. The Morgan fingerprint density at radius 1 is 1.61 bits per heavy atom. The zero-order valence-electron chi connectivity index (χ0n) is 10.6. The number of aliphatic hydroxyl groups is 1. The first-order valence-electron chi connectivity index (χ1n) is 6.13. The van der Waals surface area contributed by atoms with Gasteiger partial charge in [0.2, 0.25) is 5.91 Å². The van der Waals surface area contributed by atoms with Crippen molar-refractivity contribution < 1.29 is 9.90 Å². The monoisotopic (exact) mass is 268 g/mol. The van der Waals surface area contributed by atoms with E-state index in [1.165, 1.54) is 0 Å². The lowest BCUT2D eigenvalue weighted by molar-refractivity contribution is -0.119. The molecule has 100 valence electrons. The van der Waals surface area contributed by atoms with Gasteiger partial charge in [0.15, 0.2) is 0 Å². The molecule has 1 aromatic heterocycles. The summed E-state index contributed by atoms with van der Waals surface area (Å²) in [5, 5.41) is 11.8. The molecule has 5 heteroatoms. The van der Waals surface area contributed by atoms with Crippen molar-refractivity contribution in [2.24, 2.45) is 0 Å². The van der Waals surface area contributed by atoms with E-state index in [0.717, 1.165) is 17.7 Å². The van der Waals surface area contributed by atoms with Crippen LogP contribution in [-0.2, 0) is 10.5 Å². The molecule has 1 atom stereocenters. The Balaban J connectivity index is 2.20. The number of pyridine rings is 1. The molecule has 0 bridgehead atoms. The number of carbonyl (C=O) groups excluding carboxylic acids is 1. The Morgan fingerprint density at radius 2 is 2.44 bits per heavy atom. The fourth-order valence-electron chi connectivity index (χ4n) is 1.55. The van der Waals surface area contributed by atoms with E-state index < -0.39 is 0 Å². The van der Waals surface area contributed by atoms with Crippen LogP contribution in [0.4, 0.5) is 0 Å². The van der Waals surface area contributed by atoms with Crippen LogP contribution >= 0.6 is 11.8 Å². The van der Waals surface area contributed by atoms with Crippen molar-refractivity contribution in [2.75, 3.05) is 12.4 Å². The highest BCUT2D eigenvalue weighted by atomic mass is 32.2. The van der Waals surface area contributed by atoms with Crippen molar-refractivity contribution in [3.05, 3.63) is 30.1 Å². The lowest BCUT2D eigenvalue weighted by Crippen LogP contribution is -2.36. The van der Waals surface area contributed by atoms with E-state index in [1.54, 1.807) is 18.0 Å². The largest absolute Gasteiger partial charge is 0.396 e. The van der Waals surface area contributed by atoms with E-state index in [0.29, 0.717) is 12.2 Å². The third-order valence-electron chi connectivity index (χ3n) is 2.56. The van der Waals surface area contributed by atoms with Crippen LogP contribution in [-0.4, -0.2) is 34.4 Å². The van der Waals surface area contributed by atoms with Crippen LogP contribution in [0.5, 0.6) is 0 Å². The fourth-order valence-corrected chi connectivity index (χ4v) is 2.33. The summed E-state index contributed by atoms with van der Waals surface area (Å²) in [7, 11) is 0. The first kappa shape index (κ1) is 15.0. The molecule has 0 aliphatic heterocycles. The quantitative estimate of drug-likeness (QED) is 0.751. The molecule has 0 radical (unpaired) electrons. The van der Waals surface area contributed by atoms with Gasteiger partial charge < -0.3 is 10.4 Å². The molecule has 1 unspecified atom stereocenters. The zero-order chi connectivity index (χ0) is 13.2. The summed E-state index contributed by atoms with van der Waals surface area (Å²) in [6, 6.07) is 3.98. The van der Waals surface area contributed by atoms with E-state index in [4.69, 9.17) is 5.11 Å². The van der Waals surface area contributed by atoms with Crippen molar-refractivity contribution in [1.82, 2.24) is 10.3 Å². The van der Waals surface area contributed by atoms with E-state index >= 15 is 0 Å². The molecule has 1 amide bonds. The predicted octanol–water partition coefficient (Wildman–Crippen LogP) is 1.59. The number of aliphatic hydroxyl groups excluding tert-OH is 1. The third-order valence-corrected chi connectivity index (χ3v) is 3.56. The van der Waals surface area contributed by atoms with Crippen molar-refractivity contribution in [3.63, 3.8) is 0 Å². The highest BCUT2D eigenvalue weighted by Crippen LogP contribution is 2.10. The van der Waals surface area contributed by atoms with Gasteiger partial charge in [-0.2, -0.15) is 0 Å². The minimum absolute atomic E-state index is 0.0317. The summed E-state index contributed by atoms with van der Waals surface area (Å²) >= 11 is 1.57. The van der Waals surface area contributed by atoms with Crippen molar-refractivity contribution in [2.45, 2.75) is 31.6 Å². The topological polar surface area (TPSA) is 62.2 Å². The van der Waals surface area contributed by atoms with Gasteiger partial charge in [-0.1, -0.05) is 13.0 Å². The van der Waals surface area contributed by atoms with Crippen LogP contribution in [0.15, 0.2) is 24.5 Å². The lowest BCUT2D eigenvalue weighted by atomic mass is 10.1. The number of hydrogen-bond donors (Lipinski definition) is 2. The van der Waals surface area contributed by atoms with Gasteiger partial charge in [0.05, 0.1) is 5.75 Å². The van der Waals surface area contributed by atoms with Gasteiger partial charge in [-0.05, 0) is 24.5 Å². The summed E-state index contributed by atoms with van der Waals surface area (Å²) in [6.45, 7) is 2.12. The van der Waals surface area contributed by atoms with Gasteiger partial charge in [0.25, 0.3) is 0 Å². The Morgan fingerprint density at radius 3 is 3.06 bits per heavy atom. The Hall–Kier alpha value is -1.07. The molecule has 2 N–H and O–H groups in total. The van der Waals surface area contributed by atoms with Gasteiger partial charge in [0, 0.05) is 30.8 Å². The molecule has 0 fully saturated rings. The summed E-state index contributed by atoms with van der Waals surface area (Å²) < 4.78 is 0.